The Labute approximate surface area is 103 Å². The van der Waals surface area contributed by atoms with E-state index in [2.05, 4.69) is 0 Å². The molecule has 0 aliphatic rings. The predicted octanol–water partition coefficient (Wildman–Crippen LogP) is 2.43. The summed E-state index contributed by atoms with van der Waals surface area (Å²) >= 11 is 0. The Kier molecular flexibility index (Phi) is 3.92. The molecule has 3 nitrogen and oxygen atoms in total. The summed E-state index contributed by atoms with van der Waals surface area (Å²) in [5, 5.41) is 18.8. The Morgan fingerprint density at radius 3 is 2.28 bits per heavy atom. The number of rotatable bonds is 3. The molecule has 0 radical (unpaired) electrons. The SMILES string of the molecule is CC(C)(CO)[C@H](N)c1cc(C(F)(F)F)ccc1O. The summed E-state index contributed by atoms with van der Waals surface area (Å²) in [6, 6.07) is 1.67. The van der Waals surface area contributed by atoms with E-state index in [4.69, 9.17) is 10.8 Å². The van der Waals surface area contributed by atoms with Crippen LogP contribution < -0.4 is 5.73 Å². The van der Waals surface area contributed by atoms with Crippen LogP contribution in [0.3, 0.4) is 0 Å². The molecular weight excluding hydrogens is 247 g/mol. The quantitative estimate of drug-likeness (QED) is 0.784. The van der Waals surface area contributed by atoms with Crippen molar-refractivity contribution in [2.75, 3.05) is 6.61 Å². The van der Waals surface area contributed by atoms with Crippen molar-refractivity contribution in [3.05, 3.63) is 29.3 Å². The van der Waals surface area contributed by atoms with Crippen molar-refractivity contribution in [3.8, 4) is 5.75 Å². The second kappa shape index (κ2) is 4.78. The summed E-state index contributed by atoms with van der Waals surface area (Å²) in [7, 11) is 0. The normalized spacial score (nSPS) is 14.6. The van der Waals surface area contributed by atoms with E-state index in [1.54, 1.807) is 13.8 Å². The second-order valence-electron chi connectivity index (χ2n) is 4.90. The lowest BCUT2D eigenvalue weighted by atomic mass is 9.81. The van der Waals surface area contributed by atoms with Gasteiger partial charge in [-0.2, -0.15) is 13.2 Å². The molecule has 1 aromatic carbocycles. The fourth-order valence-electron chi connectivity index (χ4n) is 1.50. The number of aliphatic hydroxyl groups excluding tert-OH is 1. The first-order chi connectivity index (χ1) is 8.09. The first-order valence-corrected chi connectivity index (χ1v) is 5.36. The van der Waals surface area contributed by atoms with Crippen LogP contribution in [0.25, 0.3) is 0 Å². The van der Waals surface area contributed by atoms with Gasteiger partial charge in [0.1, 0.15) is 5.75 Å². The molecule has 0 aliphatic carbocycles. The minimum absolute atomic E-state index is 0.0242. The molecule has 0 unspecified atom stereocenters. The monoisotopic (exact) mass is 263 g/mol. The van der Waals surface area contributed by atoms with Crippen LogP contribution in [-0.4, -0.2) is 16.8 Å². The smallest absolute Gasteiger partial charge is 0.416 e. The number of aliphatic hydroxyl groups is 1. The molecule has 0 amide bonds. The maximum Gasteiger partial charge on any atom is 0.416 e. The van der Waals surface area contributed by atoms with Crippen molar-refractivity contribution in [1.82, 2.24) is 0 Å². The minimum atomic E-state index is -4.49. The highest BCUT2D eigenvalue weighted by Crippen LogP contribution is 2.38. The fourth-order valence-corrected chi connectivity index (χ4v) is 1.50. The van der Waals surface area contributed by atoms with Gasteiger partial charge in [0.2, 0.25) is 0 Å². The van der Waals surface area contributed by atoms with Crippen molar-refractivity contribution in [1.29, 1.82) is 0 Å². The van der Waals surface area contributed by atoms with E-state index in [0.717, 1.165) is 18.2 Å². The summed E-state index contributed by atoms with van der Waals surface area (Å²) in [5.41, 5.74) is 4.08. The molecule has 1 rings (SSSR count). The van der Waals surface area contributed by atoms with E-state index in [1.807, 2.05) is 0 Å². The van der Waals surface area contributed by atoms with Crippen molar-refractivity contribution < 1.29 is 23.4 Å². The Hall–Kier alpha value is -1.27. The largest absolute Gasteiger partial charge is 0.508 e. The average Bonchev–Trinajstić information content (AvgIpc) is 2.27. The molecule has 4 N–H and O–H groups in total. The van der Waals surface area contributed by atoms with E-state index in [0.29, 0.717) is 0 Å². The number of phenolic OH excluding ortho intramolecular Hbond substituents is 1. The van der Waals surface area contributed by atoms with Crippen LogP contribution in [0.15, 0.2) is 18.2 Å². The molecule has 102 valence electrons. The lowest BCUT2D eigenvalue weighted by Gasteiger charge is -2.30. The van der Waals surface area contributed by atoms with Crippen LogP contribution in [0, 0.1) is 5.41 Å². The molecule has 0 saturated heterocycles. The van der Waals surface area contributed by atoms with Gasteiger partial charge in [-0.05, 0) is 18.2 Å². The number of hydrogen-bond donors (Lipinski definition) is 3. The number of hydrogen-bond acceptors (Lipinski definition) is 3. The average molecular weight is 263 g/mol. The molecule has 1 aromatic rings. The zero-order valence-corrected chi connectivity index (χ0v) is 10.1. The third-order valence-corrected chi connectivity index (χ3v) is 2.94. The van der Waals surface area contributed by atoms with Gasteiger partial charge in [0.05, 0.1) is 5.56 Å². The van der Waals surface area contributed by atoms with Crippen LogP contribution in [0.2, 0.25) is 0 Å². The molecule has 1 atom stereocenters. The zero-order chi connectivity index (χ0) is 14.1. The van der Waals surface area contributed by atoms with Gasteiger partial charge < -0.3 is 15.9 Å². The Balaban J connectivity index is 3.24. The Morgan fingerprint density at radius 2 is 1.83 bits per heavy atom. The zero-order valence-electron chi connectivity index (χ0n) is 10.1. The summed E-state index contributed by atoms with van der Waals surface area (Å²) in [5.74, 6) is -0.308. The summed E-state index contributed by atoms with van der Waals surface area (Å²) in [6.07, 6.45) is -4.49. The lowest BCUT2D eigenvalue weighted by Crippen LogP contribution is -2.32. The molecule has 0 heterocycles. The Bertz CT molecular complexity index is 430. The summed E-state index contributed by atoms with van der Waals surface area (Å²) in [4.78, 5) is 0. The first kappa shape index (κ1) is 14.8. The van der Waals surface area contributed by atoms with Crippen LogP contribution >= 0.6 is 0 Å². The van der Waals surface area contributed by atoms with Crippen molar-refractivity contribution in [3.63, 3.8) is 0 Å². The molecule has 0 bridgehead atoms. The van der Waals surface area contributed by atoms with Crippen molar-refractivity contribution in [2.24, 2.45) is 11.1 Å². The van der Waals surface area contributed by atoms with Gasteiger partial charge in [-0.25, -0.2) is 0 Å². The predicted molar refractivity (Wildman–Crippen MR) is 60.9 cm³/mol. The van der Waals surface area contributed by atoms with Crippen LogP contribution in [-0.2, 0) is 6.18 Å². The number of benzene rings is 1. The highest BCUT2D eigenvalue weighted by molar-refractivity contribution is 5.40. The summed E-state index contributed by atoms with van der Waals surface area (Å²) < 4.78 is 37.7. The van der Waals surface area contributed by atoms with E-state index >= 15 is 0 Å². The van der Waals surface area contributed by atoms with Crippen LogP contribution in [0.4, 0.5) is 13.2 Å². The molecule has 6 heteroatoms. The number of aromatic hydroxyl groups is 1. The highest BCUT2D eigenvalue weighted by Gasteiger charge is 2.34. The van der Waals surface area contributed by atoms with E-state index < -0.39 is 23.2 Å². The molecule has 18 heavy (non-hydrogen) atoms. The standard InChI is InChI=1S/C12H16F3NO2/c1-11(2,6-17)10(16)8-5-7(12(13,14)15)3-4-9(8)18/h3-5,10,17-18H,6,16H2,1-2H3/t10-/m1/s1. The van der Waals surface area contributed by atoms with Crippen molar-refractivity contribution in [2.45, 2.75) is 26.1 Å². The fraction of sp³-hybridized carbons (Fsp3) is 0.500. The van der Waals surface area contributed by atoms with Gasteiger partial charge in [0.15, 0.2) is 0 Å². The maximum absolute atomic E-state index is 12.6. The number of nitrogens with two attached hydrogens (primary N) is 1. The second-order valence-corrected chi connectivity index (χ2v) is 4.90. The van der Waals surface area contributed by atoms with Gasteiger partial charge >= 0.3 is 6.18 Å². The van der Waals surface area contributed by atoms with Gasteiger partial charge in [-0.15, -0.1) is 0 Å². The first-order valence-electron chi connectivity index (χ1n) is 5.36. The Morgan fingerprint density at radius 1 is 1.28 bits per heavy atom. The lowest BCUT2D eigenvalue weighted by molar-refractivity contribution is -0.137. The number of alkyl halides is 3. The molecule has 0 aliphatic heterocycles. The minimum Gasteiger partial charge on any atom is -0.508 e. The van der Waals surface area contributed by atoms with E-state index in [1.165, 1.54) is 0 Å². The molecule has 0 saturated carbocycles. The van der Waals surface area contributed by atoms with Gasteiger partial charge in [-0.1, -0.05) is 13.8 Å². The third kappa shape index (κ3) is 2.94. The van der Waals surface area contributed by atoms with Gasteiger partial charge in [0.25, 0.3) is 0 Å². The topological polar surface area (TPSA) is 66.5 Å². The molecule has 0 aromatic heterocycles. The molecule has 0 fully saturated rings. The van der Waals surface area contributed by atoms with Crippen LogP contribution in [0.5, 0.6) is 5.75 Å². The third-order valence-electron chi connectivity index (χ3n) is 2.94. The van der Waals surface area contributed by atoms with E-state index in [9.17, 15) is 18.3 Å². The molecule has 0 spiro atoms. The summed E-state index contributed by atoms with van der Waals surface area (Å²) in [6.45, 7) is 2.92. The van der Waals surface area contributed by atoms with E-state index in [-0.39, 0.29) is 17.9 Å². The van der Waals surface area contributed by atoms with Crippen molar-refractivity contribution >= 4 is 0 Å². The maximum atomic E-state index is 12.6. The molecular formula is C12H16F3NO2. The van der Waals surface area contributed by atoms with Gasteiger partial charge in [0, 0.05) is 23.6 Å². The van der Waals surface area contributed by atoms with Crippen LogP contribution in [0.1, 0.15) is 31.0 Å². The van der Waals surface area contributed by atoms with Gasteiger partial charge in [-0.3, -0.25) is 0 Å². The highest BCUT2D eigenvalue weighted by atomic mass is 19.4. The number of halogens is 3. The number of phenols is 1.